The summed E-state index contributed by atoms with van der Waals surface area (Å²) in [6.45, 7) is 1.98. The number of nitrogens with zero attached hydrogens (tertiary/aromatic N) is 2. The highest BCUT2D eigenvalue weighted by molar-refractivity contribution is 7.89. The molecular weight excluding hydrogens is 357 g/mol. The molecule has 1 fully saturated rings. The maximum Gasteiger partial charge on any atom is 0.405 e. The average molecular weight is 376 g/mol. The highest BCUT2D eigenvalue weighted by atomic mass is 32.2. The van der Waals surface area contributed by atoms with Crippen LogP contribution in [0.3, 0.4) is 0 Å². The third-order valence-electron chi connectivity index (χ3n) is 4.03. The number of aryl methyl sites for hydroxylation is 1. The monoisotopic (exact) mass is 376 g/mol. The van der Waals surface area contributed by atoms with Gasteiger partial charge in [-0.15, -0.1) is 0 Å². The number of nitrogens with one attached hydrogen (secondary N) is 2. The van der Waals surface area contributed by atoms with Crippen molar-refractivity contribution in [2.75, 3.05) is 32.7 Å². The van der Waals surface area contributed by atoms with Crippen LogP contribution in [0.15, 0.2) is 23.1 Å². The van der Waals surface area contributed by atoms with Crippen molar-refractivity contribution in [1.29, 1.82) is 5.26 Å². The van der Waals surface area contributed by atoms with Gasteiger partial charge in [0.05, 0.1) is 16.5 Å². The molecule has 0 bridgehead atoms. The Kier molecular flexibility index (Phi) is 6.05. The van der Waals surface area contributed by atoms with Crippen LogP contribution in [0.25, 0.3) is 0 Å². The SMILES string of the molecule is Cc1cc(C#N)ccc1S(=O)(=O)NCC(N1CCNCC1)C(F)(F)F. The number of hydrogen-bond acceptors (Lipinski definition) is 5. The molecule has 0 spiro atoms. The van der Waals surface area contributed by atoms with Crippen LogP contribution in [-0.4, -0.2) is 58.3 Å². The molecule has 1 unspecified atom stereocenters. The van der Waals surface area contributed by atoms with Gasteiger partial charge in [-0.05, 0) is 30.7 Å². The summed E-state index contributed by atoms with van der Waals surface area (Å²) in [6.07, 6.45) is -4.54. The molecule has 1 saturated heterocycles. The fourth-order valence-electron chi connectivity index (χ4n) is 2.73. The number of nitriles is 1. The molecule has 1 heterocycles. The van der Waals surface area contributed by atoms with E-state index >= 15 is 0 Å². The lowest BCUT2D eigenvalue weighted by molar-refractivity contribution is -0.182. The van der Waals surface area contributed by atoms with E-state index in [1.165, 1.54) is 30.0 Å². The Bertz CT molecular complexity index is 753. The molecule has 0 aromatic heterocycles. The number of sulfonamides is 1. The van der Waals surface area contributed by atoms with E-state index in [-0.39, 0.29) is 23.5 Å². The van der Waals surface area contributed by atoms with Gasteiger partial charge < -0.3 is 5.32 Å². The van der Waals surface area contributed by atoms with Crippen LogP contribution in [0.5, 0.6) is 0 Å². The van der Waals surface area contributed by atoms with Crippen molar-refractivity contribution < 1.29 is 21.6 Å². The van der Waals surface area contributed by atoms with Crippen molar-refractivity contribution in [3.05, 3.63) is 29.3 Å². The fraction of sp³-hybridized carbons (Fsp3) is 0.533. The van der Waals surface area contributed by atoms with Crippen LogP contribution >= 0.6 is 0 Å². The molecule has 1 aromatic rings. The molecule has 1 aromatic carbocycles. The Balaban J connectivity index is 2.17. The summed E-state index contributed by atoms with van der Waals surface area (Å²) in [7, 11) is -4.11. The maximum absolute atomic E-state index is 13.3. The molecule has 2 N–H and O–H groups in total. The topological polar surface area (TPSA) is 85.2 Å². The summed E-state index contributed by atoms with van der Waals surface area (Å²) >= 11 is 0. The van der Waals surface area contributed by atoms with E-state index in [2.05, 4.69) is 10.0 Å². The third-order valence-corrected chi connectivity index (χ3v) is 5.61. The lowest BCUT2D eigenvalue weighted by atomic mass is 10.2. The van der Waals surface area contributed by atoms with Crippen LogP contribution in [-0.2, 0) is 10.0 Å². The first kappa shape index (κ1) is 19.7. The molecule has 10 heteroatoms. The first-order valence-electron chi connectivity index (χ1n) is 7.67. The quantitative estimate of drug-likeness (QED) is 0.800. The van der Waals surface area contributed by atoms with Crippen molar-refractivity contribution in [3.8, 4) is 6.07 Å². The van der Waals surface area contributed by atoms with E-state index in [4.69, 9.17) is 5.26 Å². The summed E-state index contributed by atoms with van der Waals surface area (Å²) in [5.74, 6) is 0. The Hall–Kier alpha value is -1.67. The van der Waals surface area contributed by atoms with Crippen molar-refractivity contribution >= 4 is 10.0 Å². The van der Waals surface area contributed by atoms with Gasteiger partial charge >= 0.3 is 6.18 Å². The zero-order chi connectivity index (χ0) is 18.7. The summed E-state index contributed by atoms with van der Waals surface area (Å²) in [4.78, 5) is 1.10. The second kappa shape index (κ2) is 7.70. The second-order valence-electron chi connectivity index (χ2n) is 5.79. The molecule has 25 heavy (non-hydrogen) atoms. The van der Waals surface area contributed by atoms with Gasteiger partial charge in [0, 0.05) is 32.7 Å². The van der Waals surface area contributed by atoms with E-state index in [0.717, 1.165) is 0 Å². The summed E-state index contributed by atoms with van der Waals surface area (Å²) in [5.41, 5.74) is 0.586. The molecule has 0 saturated carbocycles. The molecular formula is C15H19F3N4O2S. The Morgan fingerprint density at radius 3 is 2.52 bits per heavy atom. The number of alkyl halides is 3. The van der Waals surface area contributed by atoms with E-state index in [1.807, 2.05) is 6.07 Å². The Morgan fingerprint density at radius 2 is 2.00 bits per heavy atom. The van der Waals surface area contributed by atoms with Gasteiger partial charge in [-0.2, -0.15) is 18.4 Å². The van der Waals surface area contributed by atoms with Gasteiger partial charge in [0.15, 0.2) is 0 Å². The zero-order valence-electron chi connectivity index (χ0n) is 13.6. The maximum atomic E-state index is 13.3. The standard InChI is InChI=1S/C15H19F3N4O2S/c1-11-8-12(9-19)2-3-13(11)25(23,24)21-10-14(15(16,17)18)22-6-4-20-5-7-22/h2-3,8,14,20-21H,4-7,10H2,1H3. The van der Waals surface area contributed by atoms with Crippen LogP contribution in [0.4, 0.5) is 13.2 Å². The Morgan fingerprint density at radius 1 is 1.36 bits per heavy atom. The minimum atomic E-state index is -4.54. The number of halogens is 3. The first-order chi connectivity index (χ1) is 11.6. The normalized spacial score (nSPS) is 17.9. The second-order valence-corrected chi connectivity index (χ2v) is 7.52. The number of hydrogen-bond donors (Lipinski definition) is 2. The number of benzene rings is 1. The number of piperazine rings is 1. The highest BCUT2D eigenvalue weighted by Gasteiger charge is 2.44. The lowest BCUT2D eigenvalue weighted by Crippen LogP contribution is -2.57. The lowest BCUT2D eigenvalue weighted by Gasteiger charge is -2.35. The van der Waals surface area contributed by atoms with E-state index in [9.17, 15) is 21.6 Å². The third kappa shape index (κ3) is 4.92. The van der Waals surface area contributed by atoms with Gasteiger partial charge in [-0.3, -0.25) is 4.90 Å². The molecule has 0 amide bonds. The highest BCUT2D eigenvalue weighted by Crippen LogP contribution is 2.25. The van der Waals surface area contributed by atoms with Gasteiger partial charge in [-0.1, -0.05) is 0 Å². The molecule has 1 atom stereocenters. The first-order valence-corrected chi connectivity index (χ1v) is 9.15. The Labute approximate surface area is 144 Å². The summed E-state index contributed by atoms with van der Waals surface area (Å²) < 4.78 is 66.8. The van der Waals surface area contributed by atoms with Gasteiger partial charge in [0.2, 0.25) is 10.0 Å². The summed E-state index contributed by atoms with van der Waals surface area (Å²) in [6, 6.07) is 3.92. The average Bonchev–Trinajstić information content (AvgIpc) is 2.54. The molecule has 1 aliphatic rings. The number of rotatable bonds is 5. The van der Waals surface area contributed by atoms with Gasteiger partial charge in [0.25, 0.3) is 0 Å². The molecule has 2 rings (SSSR count). The van der Waals surface area contributed by atoms with Crippen LogP contribution in [0.1, 0.15) is 11.1 Å². The van der Waals surface area contributed by atoms with Crippen molar-refractivity contribution in [3.63, 3.8) is 0 Å². The smallest absolute Gasteiger partial charge is 0.314 e. The summed E-state index contributed by atoms with van der Waals surface area (Å²) in [5, 5.41) is 11.8. The van der Waals surface area contributed by atoms with E-state index in [1.54, 1.807) is 0 Å². The minimum Gasteiger partial charge on any atom is -0.314 e. The predicted molar refractivity (Wildman–Crippen MR) is 85.4 cm³/mol. The van der Waals surface area contributed by atoms with Crippen molar-refractivity contribution in [2.24, 2.45) is 0 Å². The zero-order valence-corrected chi connectivity index (χ0v) is 14.4. The molecule has 1 aliphatic heterocycles. The molecule has 0 radical (unpaired) electrons. The molecule has 0 aliphatic carbocycles. The fourth-order valence-corrected chi connectivity index (χ4v) is 4.00. The van der Waals surface area contributed by atoms with E-state index in [0.29, 0.717) is 18.7 Å². The van der Waals surface area contributed by atoms with Crippen molar-refractivity contribution in [1.82, 2.24) is 14.9 Å². The van der Waals surface area contributed by atoms with E-state index < -0.39 is 28.8 Å². The van der Waals surface area contributed by atoms with Crippen LogP contribution in [0, 0.1) is 18.3 Å². The van der Waals surface area contributed by atoms with Crippen LogP contribution < -0.4 is 10.0 Å². The largest absolute Gasteiger partial charge is 0.405 e. The minimum absolute atomic E-state index is 0.132. The van der Waals surface area contributed by atoms with Crippen LogP contribution in [0.2, 0.25) is 0 Å². The predicted octanol–water partition coefficient (Wildman–Crippen LogP) is 0.981. The van der Waals surface area contributed by atoms with Gasteiger partial charge in [-0.25, -0.2) is 13.1 Å². The molecule has 138 valence electrons. The van der Waals surface area contributed by atoms with Crippen molar-refractivity contribution in [2.45, 2.75) is 24.0 Å². The molecule has 6 nitrogen and oxygen atoms in total. The van der Waals surface area contributed by atoms with Gasteiger partial charge in [0.1, 0.15) is 6.04 Å².